The largest absolute Gasteiger partial charge is 0.506 e. The summed E-state index contributed by atoms with van der Waals surface area (Å²) in [5.74, 6) is 0.0838. The average Bonchev–Trinajstić information content (AvgIpc) is 2.79. The van der Waals surface area contributed by atoms with Crippen LogP contribution in [-0.2, 0) is 5.16 Å². The van der Waals surface area contributed by atoms with Crippen LogP contribution in [0.3, 0.4) is 0 Å². The number of hydrogen-bond acceptors (Lipinski definition) is 2. The van der Waals surface area contributed by atoms with Gasteiger partial charge in [-0.05, 0) is 60.8 Å². The molecule has 4 rings (SSSR count). The van der Waals surface area contributed by atoms with E-state index in [4.69, 9.17) is 23.2 Å². The van der Waals surface area contributed by atoms with E-state index in [2.05, 4.69) is 31.2 Å². The van der Waals surface area contributed by atoms with Crippen LogP contribution in [-0.4, -0.2) is 10.2 Å². The third-order valence-corrected chi connectivity index (χ3v) is 9.14. The highest BCUT2D eigenvalue weighted by Gasteiger charge is 2.40. The van der Waals surface area contributed by atoms with Crippen LogP contribution < -0.4 is 10.6 Å². The Morgan fingerprint density at radius 3 is 1.35 bits per heavy atom. The van der Waals surface area contributed by atoms with Crippen molar-refractivity contribution in [2.45, 2.75) is 12.1 Å². The van der Waals surface area contributed by atoms with E-state index in [0.29, 0.717) is 10.0 Å². The highest BCUT2D eigenvalue weighted by Crippen LogP contribution is 2.59. The Labute approximate surface area is 193 Å². The van der Waals surface area contributed by atoms with Gasteiger partial charge in [-0.15, -0.1) is 0 Å². The standard InChI is InChI=1S/C26H21Cl2O2P/c1-26(18-12-14-24(29)22(27)16-18,19-13-15-25(30)23(28)17-19)31(20-8-4-2-5-9-20)21-10-6-3-7-11-21/h2-17,29-30H,1H3. The molecular formula is C26H21Cl2O2P. The van der Waals surface area contributed by atoms with Crippen LogP contribution in [0.25, 0.3) is 0 Å². The fraction of sp³-hybridized carbons (Fsp3) is 0.0769. The van der Waals surface area contributed by atoms with Crippen molar-refractivity contribution < 1.29 is 10.2 Å². The number of benzene rings is 4. The van der Waals surface area contributed by atoms with Gasteiger partial charge in [-0.25, -0.2) is 0 Å². The molecule has 0 heterocycles. The first-order valence-electron chi connectivity index (χ1n) is 9.79. The van der Waals surface area contributed by atoms with Crippen molar-refractivity contribution in [3.63, 3.8) is 0 Å². The van der Waals surface area contributed by atoms with Crippen molar-refractivity contribution in [1.82, 2.24) is 0 Å². The summed E-state index contributed by atoms with van der Waals surface area (Å²) in [5, 5.41) is 22.5. The Kier molecular flexibility index (Phi) is 6.25. The van der Waals surface area contributed by atoms with Crippen molar-refractivity contribution in [3.05, 3.63) is 118 Å². The second-order valence-corrected chi connectivity index (χ2v) is 10.8. The summed E-state index contributed by atoms with van der Waals surface area (Å²) < 4.78 is 0. The predicted molar refractivity (Wildman–Crippen MR) is 132 cm³/mol. The molecule has 0 atom stereocenters. The molecule has 2 nitrogen and oxygen atoms in total. The van der Waals surface area contributed by atoms with Crippen LogP contribution in [0.2, 0.25) is 10.0 Å². The van der Waals surface area contributed by atoms with Gasteiger partial charge in [0.2, 0.25) is 0 Å². The Balaban J connectivity index is 2.06. The zero-order chi connectivity index (χ0) is 22.0. The van der Waals surface area contributed by atoms with Gasteiger partial charge in [-0.3, -0.25) is 0 Å². The lowest BCUT2D eigenvalue weighted by molar-refractivity contribution is 0.475. The molecule has 5 heteroatoms. The Morgan fingerprint density at radius 1 is 0.613 bits per heavy atom. The summed E-state index contributed by atoms with van der Waals surface area (Å²) in [6.07, 6.45) is 0. The topological polar surface area (TPSA) is 40.5 Å². The van der Waals surface area contributed by atoms with Gasteiger partial charge < -0.3 is 10.2 Å². The fourth-order valence-corrected chi connectivity index (χ4v) is 7.29. The summed E-state index contributed by atoms with van der Waals surface area (Å²) >= 11 is 12.7. The van der Waals surface area contributed by atoms with Gasteiger partial charge in [-0.1, -0.05) is 96.0 Å². The van der Waals surface area contributed by atoms with E-state index in [1.807, 2.05) is 60.7 Å². The number of rotatable bonds is 5. The van der Waals surface area contributed by atoms with Gasteiger partial charge in [-0.2, -0.15) is 0 Å². The molecule has 156 valence electrons. The lowest BCUT2D eigenvalue weighted by Crippen LogP contribution is -2.31. The zero-order valence-electron chi connectivity index (χ0n) is 16.8. The van der Waals surface area contributed by atoms with E-state index in [-0.39, 0.29) is 11.5 Å². The van der Waals surface area contributed by atoms with Crippen molar-refractivity contribution in [1.29, 1.82) is 0 Å². The molecule has 4 aromatic carbocycles. The van der Waals surface area contributed by atoms with E-state index >= 15 is 0 Å². The average molecular weight is 467 g/mol. The molecule has 0 bridgehead atoms. The molecule has 2 N–H and O–H groups in total. The molecule has 0 unspecified atom stereocenters. The molecule has 0 aromatic heterocycles. The molecule has 0 saturated carbocycles. The maximum Gasteiger partial charge on any atom is 0.134 e. The SMILES string of the molecule is CC(c1ccc(O)c(Cl)c1)(c1ccc(O)c(Cl)c1)P(c1ccccc1)c1ccccc1. The normalized spacial score (nSPS) is 11.6. The summed E-state index contributed by atoms with van der Waals surface area (Å²) in [4.78, 5) is 0. The monoisotopic (exact) mass is 466 g/mol. The van der Waals surface area contributed by atoms with E-state index in [1.54, 1.807) is 12.1 Å². The highest BCUT2D eigenvalue weighted by molar-refractivity contribution is 7.74. The van der Waals surface area contributed by atoms with Crippen molar-refractivity contribution in [2.75, 3.05) is 0 Å². The van der Waals surface area contributed by atoms with E-state index in [1.165, 1.54) is 10.6 Å². The lowest BCUT2D eigenvalue weighted by Gasteiger charge is -2.40. The van der Waals surface area contributed by atoms with Gasteiger partial charge >= 0.3 is 0 Å². The minimum absolute atomic E-state index is 0.0419. The zero-order valence-corrected chi connectivity index (χ0v) is 19.2. The molecule has 0 radical (unpaired) electrons. The highest BCUT2D eigenvalue weighted by atomic mass is 35.5. The summed E-state index contributed by atoms with van der Waals surface area (Å²) in [6.45, 7) is 2.17. The van der Waals surface area contributed by atoms with Gasteiger partial charge in [0, 0.05) is 5.16 Å². The summed E-state index contributed by atoms with van der Waals surface area (Å²) in [5.41, 5.74) is 1.91. The quantitative estimate of drug-likeness (QED) is 0.317. The Hall–Kier alpha value is -2.51. The second-order valence-electron chi connectivity index (χ2n) is 7.41. The molecule has 0 aliphatic heterocycles. The maximum atomic E-state index is 10.1. The van der Waals surface area contributed by atoms with E-state index in [0.717, 1.165) is 11.1 Å². The first-order valence-corrected chi connectivity index (χ1v) is 11.9. The molecule has 4 aromatic rings. The number of phenols is 2. The first kappa shape index (κ1) is 21.7. The van der Waals surface area contributed by atoms with Gasteiger partial charge in [0.25, 0.3) is 0 Å². The third-order valence-electron chi connectivity index (χ3n) is 5.50. The van der Waals surface area contributed by atoms with Crippen molar-refractivity contribution in [2.24, 2.45) is 0 Å². The molecule has 0 saturated heterocycles. The Bertz CT molecular complexity index is 1110. The number of hydrogen-bond donors (Lipinski definition) is 2. The maximum absolute atomic E-state index is 10.1. The van der Waals surface area contributed by atoms with Crippen molar-refractivity contribution in [3.8, 4) is 11.5 Å². The van der Waals surface area contributed by atoms with Gasteiger partial charge in [0.05, 0.1) is 10.0 Å². The van der Waals surface area contributed by atoms with Crippen LogP contribution in [0, 0.1) is 0 Å². The van der Waals surface area contributed by atoms with Gasteiger partial charge in [0.15, 0.2) is 0 Å². The number of halogens is 2. The molecule has 0 fully saturated rings. The second kappa shape index (κ2) is 8.93. The van der Waals surface area contributed by atoms with Crippen LogP contribution >= 0.6 is 31.1 Å². The van der Waals surface area contributed by atoms with Crippen LogP contribution in [0.5, 0.6) is 11.5 Å². The molecular weight excluding hydrogens is 446 g/mol. The first-order chi connectivity index (χ1) is 14.9. The summed E-state index contributed by atoms with van der Waals surface area (Å²) in [7, 11) is -0.974. The van der Waals surface area contributed by atoms with Crippen molar-refractivity contribution >= 4 is 41.7 Å². The molecule has 0 aliphatic carbocycles. The predicted octanol–water partition coefficient (Wildman–Crippen LogP) is 6.80. The van der Waals surface area contributed by atoms with Gasteiger partial charge in [0.1, 0.15) is 11.5 Å². The molecule has 0 aliphatic rings. The lowest BCUT2D eigenvalue weighted by atomic mass is 9.91. The number of phenolic OH excluding ortho intramolecular Hbond substituents is 2. The third kappa shape index (κ3) is 4.16. The molecule has 0 spiro atoms. The Morgan fingerprint density at radius 2 is 1.00 bits per heavy atom. The van der Waals surface area contributed by atoms with Crippen LogP contribution in [0.15, 0.2) is 97.1 Å². The minimum atomic E-state index is -0.974. The van der Waals surface area contributed by atoms with Crippen LogP contribution in [0.4, 0.5) is 0 Å². The van der Waals surface area contributed by atoms with E-state index in [9.17, 15) is 10.2 Å². The smallest absolute Gasteiger partial charge is 0.134 e. The molecule has 31 heavy (non-hydrogen) atoms. The van der Waals surface area contributed by atoms with Crippen LogP contribution in [0.1, 0.15) is 18.1 Å². The summed E-state index contributed by atoms with van der Waals surface area (Å²) in [6, 6.07) is 31.5. The molecule has 0 amide bonds. The van der Waals surface area contributed by atoms with E-state index < -0.39 is 13.1 Å². The number of aromatic hydroxyl groups is 2. The fourth-order valence-electron chi connectivity index (χ4n) is 3.86. The minimum Gasteiger partial charge on any atom is -0.506 e.